The summed E-state index contributed by atoms with van der Waals surface area (Å²) >= 11 is 11.9. The first kappa shape index (κ1) is 17.8. The quantitative estimate of drug-likeness (QED) is 0.704. The van der Waals surface area contributed by atoms with E-state index in [1.54, 1.807) is 6.07 Å². The molecule has 2 nitrogen and oxygen atoms in total. The first-order valence-electron chi connectivity index (χ1n) is 7.71. The highest BCUT2D eigenvalue weighted by atomic mass is 35.5. The van der Waals surface area contributed by atoms with Gasteiger partial charge in [-0.2, -0.15) is 0 Å². The van der Waals surface area contributed by atoms with Crippen LogP contribution in [0, 0.1) is 6.92 Å². The summed E-state index contributed by atoms with van der Waals surface area (Å²) in [5, 5.41) is 4.11. The van der Waals surface area contributed by atoms with Crippen molar-refractivity contribution in [2.75, 3.05) is 5.32 Å². The van der Waals surface area contributed by atoms with Crippen LogP contribution < -0.4 is 5.32 Å². The van der Waals surface area contributed by atoms with Crippen LogP contribution in [0.5, 0.6) is 0 Å². The van der Waals surface area contributed by atoms with Gasteiger partial charge in [0.05, 0.1) is 10.0 Å². The number of hydrogen-bond donors (Lipinski definition) is 1. The summed E-state index contributed by atoms with van der Waals surface area (Å²) in [7, 11) is 0. The Bertz CT molecular complexity index is 711. The number of anilines is 1. The lowest BCUT2D eigenvalue weighted by molar-refractivity contribution is -0.116. The van der Waals surface area contributed by atoms with Gasteiger partial charge in [-0.25, -0.2) is 0 Å². The number of aryl methyl sites for hydroxylation is 2. The lowest BCUT2D eigenvalue weighted by atomic mass is 9.98. The third kappa shape index (κ3) is 4.73. The maximum absolute atomic E-state index is 12.3. The summed E-state index contributed by atoms with van der Waals surface area (Å²) < 4.78 is 0. The van der Waals surface area contributed by atoms with Gasteiger partial charge in [-0.05, 0) is 48.1 Å². The molecule has 0 unspecified atom stereocenters. The monoisotopic (exact) mass is 349 g/mol. The zero-order valence-electron chi connectivity index (χ0n) is 13.6. The normalized spacial score (nSPS) is 10.9. The number of para-hydroxylation sites is 1. The van der Waals surface area contributed by atoms with E-state index in [9.17, 15) is 4.79 Å². The van der Waals surface area contributed by atoms with Gasteiger partial charge in [-0.15, -0.1) is 0 Å². The number of benzene rings is 2. The molecule has 0 fully saturated rings. The second kappa shape index (κ2) is 7.85. The van der Waals surface area contributed by atoms with Gasteiger partial charge in [0.15, 0.2) is 0 Å². The molecule has 2 aromatic rings. The van der Waals surface area contributed by atoms with Gasteiger partial charge < -0.3 is 5.32 Å². The van der Waals surface area contributed by atoms with Gasteiger partial charge in [0.2, 0.25) is 5.91 Å². The van der Waals surface area contributed by atoms with Crippen molar-refractivity contribution in [2.45, 2.75) is 39.5 Å². The number of carbonyl (C=O) groups is 1. The van der Waals surface area contributed by atoms with E-state index >= 15 is 0 Å². The molecule has 2 aromatic carbocycles. The van der Waals surface area contributed by atoms with Crippen molar-refractivity contribution in [3.63, 3.8) is 0 Å². The Kier molecular flexibility index (Phi) is 6.09. The van der Waals surface area contributed by atoms with Crippen LogP contribution in [0.2, 0.25) is 10.0 Å². The molecule has 23 heavy (non-hydrogen) atoms. The van der Waals surface area contributed by atoms with Crippen molar-refractivity contribution >= 4 is 34.8 Å². The Morgan fingerprint density at radius 2 is 1.87 bits per heavy atom. The molecule has 0 aliphatic carbocycles. The highest BCUT2D eigenvalue weighted by molar-refractivity contribution is 6.42. The van der Waals surface area contributed by atoms with Crippen LogP contribution in [0.25, 0.3) is 0 Å². The Balaban J connectivity index is 2.04. The second-order valence-corrected chi connectivity index (χ2v) is 6.80. The summed E-state index contributed by atoms with van der Waals surface area (Å²) in [6.07, 6.45) is 1.04. The molecule has 122 valence electrons. The maximum Gasteiger partial charge on any atom is 0.224 e. The third-order valence-corrected chi connectivity index (χ3v) is 4.56. The molecule has 0 saturated heterocycles. The smallest absolute Gasteiger partial charge is 0.224 e. The van der Waals surface area contributed by atoms with Crippen LogP contribution in [-0.4, -0.2) is 5.91 Å². The maximum atomic E-state index is 12.3. The average Bonchev–Trinajstić information content (AvgIpc) is 2.50. The summed E-state index contributed by atoms with van der Waals surface area (Å²) in [4.78, 5) is 12.3. The predicted molar refractivity (Wildman–Crippen MR) is 98.7 cm³/mol. The van der Waals surface area contributed by atoms with Gasteiger partial charge >= 0.3 is 0 Å². The third-order valence-electron chi connectivity index (χ3n) is 3.82. The van der Waals surface area contributed by atoms with Gasteiger partial charge in [0.1, 0.15) is 0 Å². The fraction of sp³-hybridized carbons (Fsp3) is 0.316. The van der Waals surface area contributed by atoms with Crippen LogP contribution >= 0.6 is 23.2 Å². The van der Waals surface area contributed by atoms with Crippen molar-refractivity contribution in [2.24, 2.45) is 0 Å². The molecule has 0 aliphatic heterocycles. The summed E-state index contributed by atoms with van der Waals surface area (Å²) in [5.41, 5.74) is 4.18. The highest BCUT2D eigenvalue weighted by Crippen LogP contribution is 2.28. The lowest BCUT2D eigenvalue weighted by Gasteiger charge is -2.16. The molecule has 1 amide bonds. The van der Waals surface area contributed by atoms with Crippen LogP contribution in [0.4, 0.5) is 5.69 Å². The number of amides is 1. The Morgan fingerprint density at radius 1 is 1.13 bits per heavy atom. The molecule has 0 aromatic heterocycles. The van der Waals surface area contributed by atoms with Crippen molar-refractivity contribution in [1.29, 1.82) is 0 Å². The van der Waals surface area contributed by atoms with Gasteiger partial charge in [0, 0.05) is 12.1 Å². The summed E-state index contributed by atoms with van der Waals surface area (Å²) in [6.45, 7) is 6.26. The van der Waals surface area contributed by atoms with E-state index in [1.165, 1.54) is 0 Å². The van der Waals surface area contributed by atoms with E-state index in [2.05, 4.69) is 25.2 Å². The number of hydrogen-bond acceptors (Lipinski definition) is 1. The van der Waals surface area contributed by atoms with Gasteiger partial charge in [-0.1, -0.05) is 61.3 Å². The van der Waals surface area contributed by atoms with Crippen LogP contribution in [-0.2, 0) is 11.2 Å². The highest BCUT2D eigenvalue weighted by Gasteiger charge is 2.12. The second-order valence-electron chi connectivity index (χ2n) is 5.99. The number of halogens is 2. The van der Waals surface area contributed by atoms with E-state index in [-0.39, 0.29) is 5.91 Å². The van der Waals surface area contributed by atoms with Crippen LogP contribution in [0.3, 0.4) is 0 Å². The van der Waals surface area contributed by atoms with Crippen molar-refractivity contribution in [3.05, 3.63) is 63.1 Å². The lowest BCUT2D eigenvalue weighted by Crippen LogP contribution is -2.15. The molecule has 0 aliphatic rings. The molecule has 1 N–H and O–H groups in total. The van der Waals surface area contributed by atoms with E-state index in [0.29, 0.717) is 28.8 Å². The van der Waals surface area contributed by atoms with Gasteiger partial charge in [-0.3, -0.25) is 4.79 Å². The molecule has 0 bridgehead atoms. The average molecular weight is 350 g/mol. The first-order chi connectivity index (χ1) is 10.9. The number of nitrogens with one attached hydrogen (secondary N) is 1. The van der Waals surface area contributed by atoms with Crippen molar-refractivity contribution in [3.8, 4) is 0 Å². The Labute approximate surface area is 147 Å². The minimum atomic E-state index is 0.00673. The summed E-state index contributed by atoms with van der Waals surface area (Å²) in [5.74, 6) is 0.368. The topological polar surface area (TPSA) is 29.1 Å². The van der Waals surface area contributed by atoms with Crippen molar-refractivity contribution in [1.82, 2.24) is 0 Å². The van der Waals surface area contributed by atoms with E-state index in [0.717, 1.165) is 22.4 Å². The Hall–Kier alpha value is -1.51. The minimum absolute atomic E-state index is 0.00673. The molecular weight excluding hydrogens is 329 g/mol. The molecule has 0 radical (unpaired) electrons. The fourth-order valence-corrected chi connectivity index (χ4v) is 2.82. The fourth-order valence-electron chi connectivity index (χ4n) is 2.50. The molecule has 2 rings (SSSR count). The number of rotatable bonds is 5. The van der Waals surface area contributed by atoms with Crippen molar-refractivity contribution < 1.29 is 4.79 Å². The number of carbonyl (C=O) groups excluding carboxylic acids is 1. The zero-order valence-corrected chi connectivity index (χ0v) is 15.1. The summed E-state index contributed by atoms with van der Waals surface area (Å²) in [6, 6.07) is 11.6. The van der Waals surface area contributed by atoms with Crippen LogP contribution in [0.1, 0.15) is 42.9 Å². The zero-order chi connectivity index (χ0) is 17.0. The molecule has 0 atom stereocenters. The van der Waals surface area contributed by atoms with E-state index in [1.807, 2.05) is 31.2 Å². The van der Waals surface area contributed by atoms with Crippen LogP contribution in [0.15, 0.2) is 36.4 Å². The molecule has 0 spiro atoms. The van der Waals surface area contributed by atoms with Gasteiger partial charge in [0.25, 0.3) is 0 Å². The largest absolute Gasteiger partial charge is 0.326 e. The molecule has 4 heteroatoms. The first-order valence-corrected chi connectivity index (χ1v) is 8.47. The predicted octanol–water partition coefficient (Wildman–Crippen LogP) is 6.00. The minimum Gasteiger partial charge on any atom is -0.326 e. The van der Waals surface area contributed by atoms with E-state index < -0.39 is 0 Å². The molecular formula is C19H21Cl2NO. The standard InChI is InChI=1S/C19H21Cl2NO/c1-12(2)15-6-4-5-13(3)19(15)22-18(23)10-8-14-7-9-16(20)17(21)11-14/h4-7,9,11-12H,8,10H2,1-3H3,(H,22,23). The SMILES string of the molecule is Cc1cccc(C(C)C)c1NC(=O)CCc1ccc(Cl)c(Cl)c1. The molecule has 0 heterocycles. The van der Waals surface area contributed by atoms with E-state index in [4.69, 9.17) is 23.2 Å². The molecule has 0 saturated carbocycles. The Morgan fingerprint density at radius 3 is 2.52 bits per heavy atom.